The van der Waals surface area contributed by atoms with Gasteiger partial charge in [-0.05, 0) is 76.2 Å². The largest absolute Gasteiger partial charge is 1.00 e. The second-order valence-electron chi connectivity index (χ2n) is 8.20. The molecule has 38 heavy (non-hydrogen) atoms. The first-order valence-electron chi connectivity index (χ1n) is 11.8. The van der Waals surface area contributed by atoms with Gasteiger partial charge in [0.25, 0.3) is 11.6 Å². The van der Waals surface area contributed by atoms with Crippen LogP contribution in [0.15, 0.2) is 48.5 Å². The standard InChI is InChI=1S/C26H30N4O6.2ClH/c1-5-35-25(33)15(3)27-23-21(17-7-11-19(31)12-8-17)29-22(18-9-13-20(32)14-10-18)24(30-23)28-16(4)26(34)36-6-2;;/h7-16,31-32H,5-6H2,1-4H3,(H2,27,28,30);2*1H. The highest BCUT2D eigenvalue weighted by Gasteiger charge is 2.29. The molecule has 3 rings (SSSR count). The molecule has 2 atom stereocenters. The van der Waals surface area contributed by atoms with Crippen LogP contribution in [0, 0.1) is 0 Å². The highest BCUT2D eigenvalue weighted by molar-refractivity contribution is 5.78. The van der Waals surface area contributed by atoms with Crippen LogP contribution in [-0.4, -0.2) is 57.4 Å². The fourth-order valence-electron chi connectivity index (χ4n) is 3.51. The van der Waals surface area contributed by atoms with Gasteiger partial charge in [-0.25, -0.2) is 14.6 Å². The maximum atomic E-state index is 12.4. The molecule has 0 amide bonds. The monoisotopic (exact) mass is 566 g/mol. The van der Waals surface area contributed by atoms with E-state index in [2.05, 4.69) is 0 Å². The van der Waals surface area contributed by atoms with Gasteiger partial charge in [0.15, 0.2) is 23.5 Å². The van der Waals surface area contributed by atoms with Crippen LogP contribution in [0.2, 0.25) is 0 Å². The molecule has 1 aromatic heterocycles. The summed E-state index contributed by atoms with van der Waals surface area (Å²) in [6, 6.07) is 11.8. The summed E-state index contributed by atoms with van der Waals surface area (Å²) in [5.74, 6) is 0.248. The lowest BCUT2D eigenvalue weighted by Gasteiger charge is -2.16. The third-order valence-electron chi connectivity index (χ3n) is 5.36. The van der Waals surface area contributed by atoms with Gasteiger partial charge in [0.2, 0.25) is 0 Å². The molecule has 0 aliphatic carbocycles. The van der Waals surface area contributed by atoms with Gasteiger partial charge in [0, 0.05) is 11.1 Å². The number of ether oxygens (including phenoxy) is 2. The second-order valence-corrected chi connectivity index (χ2v) is 8.20. The number of phenolic OH excluding ortho intramolecular Hbond substituents is 2. The minimum atomic E-state index is -0.607. The van der Waals surface area contributed by atoms with E-state index in [1.54, 1.807) is 86.9 Å². The van der Waals surface area contributed by atoms with Crippen LogP contribution in [0.25, 0.3) is 22.5 Å². The normalized spacial score (nSPS) is 11.9. The minimum absolute atomic E-state index is 0. The Balaban J connectivity index is 0.00000361. The lowest BCUT2D eigenvalue weighted by molar-refractivity contribution is -0.608. The van der Waals surface area contributed by atoms with Crippen molar-refractivity contribution in [1.29, 1.82) is 0 Å². The van der Waals surface area contributed by atoms with E-state index in [9.17, 15) is 19.8 Å². The number of aromatic hydroxyl groups is 2. The van der Waals surface area contributed by atoms with Gasteiger partial charge < -0.3 is 44.5 Å². The van der Waals surface area contributed by atoms with E-state index in [4.69, 9.17) is 19.4 Å². The molecule has 2 unspecified atom stereocenters. The quantitative estimate of drug-likeness (QED) is 0.179. The molecular weight excluding hydrogens is 535 g/mol. The fourth-order valence-corrected chi connectivity index (χ4v) is 3.51. The molecule has 0 spiro atoms. The number of carbonyl (C=O) groups is 2. The van der Waals surface area contributed by atoms with Gasteiger partial charge in [0.05, 0.1) is 13.2 Å². The van der Waals surface area contributed by atoms with Crippen LogP contribution in [0.4, 0.5) is 11.6 Å². The van der Waals surface area contributed by atoms with Crippen molar-refractivity contribution in [2.75, 3.05) is 13.2 Å². The van der Waals surface area contributed by atoms with Gasteiger partial charge in [-0.3, -0.25) is 10.6 Å². The summed E-state index contributed by atoms with van der Waals surface area (Å²) in [7, 11) is 0. The molecule has 1 heterocycles. The van der Waals surface area contributed by atoms with Crippen molar-refractivity contribution in [3.8, 4) is 34.0 Å². The molecule has 206 valence electrons. The van der Waals surface area contributed by atoms with Gasteiger partial charge in [-0.2, -0.15) is 0 Å². The maximum Gasteiger partial charge on any atom is 0.364 e. The van der Waals surface area contributed by atoms with Crippen molar-refractivity contribution >= 4 is 23.6 Å². The van der Waals surface area contributed by atoms with Crippen molar-refractivity contribution in [2.24, 2.45) is 0 Å². The van der Waals surface area contributed by atoms with Crippen molar-refractivity contribution in [3.63, 3.8) is 0 Å². The van der Waals surface area contributed by atoms with Crippen LogP contribution < -0.4 is 35.4 Å². The maximum absolute atomic E-state index is 12.4. The van der Waals surface area contributed by atoms with Crippen LogP contribution >= 0.6 is 0 Å². The van der Waals surface area contributed by atoms with Crippen LogP contribution in [0.1, 0.15) is 27.7 Å². The van der Waals surface area contributed by atoms with Crippen LogP contribution in [0.3, 0.4) is 0 Å². The lowest BCUT2D eigenvalue weighted by atomic mass is 10.1. The predicted octanol–water partition coefficient (Wildman–Crippen LogP) is -4.48. The molecule has 12 heteroatoms. The fraction of sp³-hybridized carbons (Fsp3) is 0.308. The van der Waals surface area contributed by atoms with Crippen molar-refractivity contribution < 1.29 is 64.7 Å². The van der Waals surface area contributed by atoms with Gasteiger partial charge >= 0.3 is 11.9 Å². The molecule has 10 nitrogen and oxygen atoms in total. The third-order valence-corrected chi connectivity index (χ3v) is 5.36. The Labute approximate surface area is 233 Å². The number of benzene rings is 2. The molecule has 3 aromatic rings. The van der Waals surface area contributed by atoms with Crippen molar-refractivity contribution in [1.82, 2.24) is 9.97 Å². The molecule has 0 bridgehead atoms. The lowest BCUT2D eigenvalue weighted by Crippen LogP contribution is -3.00. The Morgan fingerprint density at radius 2 is 1.05 bits per heavy atom. The zero-order valence-corrected chi connectivity index (χ0v) is 23.0. The number of quaternary nitrogens is 2. The van der Waals surface area contributed by atoms with E-state index in [-0.39, 0.29) is 49.5 Å². The number of phenols is 2. The number of nitrogens with two attached hydrogens (primary N) is 2. The number of carbonyl (C=O) groups excluding carboxylic acids is 2. The Bertz CT molecular complexity index is 1120. The van der Waals surface area contributed by atoms with E-state index in [0.29, 0.717) is 34.2 Å². The highest BCUT2D eigenvalue weighted by atomic mass is 35.5. The Kier molecular flexibility index (Phi) is 12.9. The van der Waals surface area contributed by atoms with Crippen molar-refractivity contribution in [2.45, 2.75) is 39.8 Å². The highest BCUT2D eigenvalue weighted by Crippen LogP contribution is 2.31. The van der Waals surface area contributed by atoms with E-state index in [1.165, 1.54) is 0 Å². The zero-order chi connectivity index (χ0) is 26.2. The van der Waals surface area contributed by atoms with Crippen molar-refractivity contribution in [3.05, 3.63) is 48.5 Å². The molecule has 0 aliphatic heterocycles. The number of rotatable bonds is 10. The number of esters is 2. The average molecular weight is 567 g/mol. The number of nitrogens with zero attached hydrogens (tertiary/aromatic N) is 2. The first-order valence-corrected chi connectivity index (χ1v) is 11.8. The SMILES string of the molecule is CCOC(=O)C(C)[NH2+]c1nc([NH2+]C(C)C(=O)OCC)c(-c2ccc(O)cc2)nc1-c1ccc(O)cc1.[Cl-].[Cl-]. The predicted molar refractivity (Wildman–Crippen MR) is 132 cm³/mol. The first kappa shape index (κ1) is 32.6. The Morgan fingerprint density at radius 1 is 0.711 bits per heavy atom. The number of hydrogen-bond donors (Lipinski definition) is 4. The summed E-state index contributed by atoms with van der Waals surface area (Å²) < 4.78 is 10.3. The van der Waals surface area contributed by atoms with Crippen LogP contribution in [0.5, 0.6) is 11.5 Å². The Hall–Kier alpha value is -3.44. The van der Waals surface area contributed by atoms with E-state index in [1.807, 2.05) is 0 Å². The molecule has 0 saturated heterocycles. The van der Waals surface area contributed by atoms with E-state index >= 15 is 0 Å². The summed E-state index contributed by atoms with van der Waals surface area (Å²) in [6.45, 7) is 7.40. The molecule has 0 radical (unpaired) electrons. The van der Waals surface area contributed by atoms with Gasteiger partial charge in [0.1, 0.15) is 11.5 Å². The van der Waals surface area contributed by atoms with Gasteiger partial charge in [-0.1, -0.05) is 0 Å². The molecule has 0 saturated carbocycles. The molecular formula is C26H32Cl2N4O6. The van der Waals surface area contributed by atoms with Crippen LogP contribution in [-0.2, 0) is 19.1 Å². The van der Waals surface area contributed by atoms with E-state index < -0.39 is 24.0 Å². The van der Waals surface area contributed by atoms with E-state index in [0.717, 1.165) is 0 Å². The number of halogens is 2. The molecule has 0 aliphatic rings. The smallest absolute Gasteiger partial charge is 0.364 e. The Morgan fingerprint density at radius 3 is 1.37 bits per heavy atom. The third kappa shape index (κ3) is 8.29. The number of hydrogen-bond acceptors (Lipinski definition) is 8. The number of aromatic nitrogens is 2. The molecule has 0 fully saturated rings. The summed E-state index contributed by atoms with van der Waals surface area (Å²) in [4.78, 5) is 34.4. The topological polar surface area (TPSA) is 152 Å². The van der Waals surface area contributed by atoms with Gasteiger partial charge in [-0.15, -0.1) is 4.98 Å². The first-order chi connectivity index (χ1) is 17.2. The summed E-state index contributed by atoms with van der Waals surface area (Å²) in [5.41, 5.74) is 2.31. The summed E-state index contributed by atoms with van der Waals surface area (Å²) >= 11 is 0. The molecule has 6 N–H and O–H groups in total. The minimum Gasteiger partial charge on any atom is -1.00 e. The summed E-state index contributed by atoms with van der Waals surface area (Å²) in [5, 5.41) is 22.9. The molecule has 2 aromatic carbocycles. The second kappa shape index (κ2) is 15.1. The summed E-state index contributed by atoms with van der Waals surface area (Å²) in [6.07, 6.45) is 0. The average Bonchev–Trinajstić information content (AvgIpc) is 2.85. The zero-order valence-electron chi connectivity index (χ0n) is 21.5.